The fourth-order valence-corrected chi connectivity index (χ4v) is 1.30. The van der Waals surface area contributed by atoms with Crippen molar-refractivity contribution in [3.63, 3.8) is 0 Å². The van der Waals surface area contributed by atoms with Crippen molar-refractivity contribution < 1.29 is 14.7 Å². The maximum atomic E-state index is 11.6. The second-order valence-electron chi connectivity index (χ2n) is 5.44. The largest absolute Gasteiger partial charge is 0.480 e. The molecule has 0 saturated heterocycles. The van der Waals surface area contributed by atoms with Crippen molar-refractivity contribution >= 4 is 11.8 Å². The number of aliphatic carboxylic acids is 1. The van der Waals surface area contributed by atoms with Gasteiger partial charge in [-0.3, -0.25) is 14.9 Å². The molecule has 0 saturated carbocycles. The molecule has 0 fully saturated rings. The Hall–Kier alpha value is -0.980. The van der Waals surface area contributed by atoms with E-state index in [2.05, 4.69) is 5.32 Å². The van der Waals surface area contributed by atoms with Crippen molar-refractivity contribution in [3.05, 3.63) is 0 Å². The van der Waals surface area contributed by atoms with Crippen molar-refractivity contribution in [2.24, 2.45) is 11.5 Å². The lowest BCUT2D eigenvalue weighted by Gasteiger charge is -2.26. The van der Waals surface area contributed by atoms with Crippen LogP contribution in [0.4, 0.5) is 0 Å². The molecule has 1 unspecified atom stereocenters. The Morgan fingerprint density at radius 1 is 1.24 bits per heavy atom. The van der Waals surface area contributed by atoms with Crippen LogP contribution in [0.3, 0.4) is 0 Å². The van der Waals surface area contributed by atoms with Crippen LogP contribution in [0.15, 0.2) is 0 Å². The van der Waals surface area contributed by atoms with Gasteiger partial charge in [0.15, 0.2) is 5.78 Å². The molecular weight excluding hydrogens is 222 g/mol. The normalized spacial score (nSPS) is 14.5. The summed E-state index contributed by atoms with van der Waals surface area (Å²) >= 11 is 0. The third-order valence-corrected chi connectivity index (χ3v) is 2.22. The molecule has 1 atom stereocenters. The van der Waals surface area contributed by atoms with Crippen LogP contribution in [0, 0.1) is 0 Å². The molecule has 0 spiro atoms. The Balaban J connectivity index is 4.40. The van der Waals surface area contributed by atoms with Gasteiger partial charge in [-0.1, -0.05) is 0 Å². The molecule has 0 aliphatic heterocycles. The number of carbonyl (C=O) groups excluding carboxylic acids is 1. The lowest BCUT2D eigenvalue weighted by Crippen LogP contribution is -2.55. The standard InChI is InChI=1S/C11H23N3O3/c1-10(2,12)8(15)6-5-7(9(16)17)14-11(3,4)13/h7,14H,5-6,12-13H2,1-4H3,(H,16,17). The van der Waals surface area contributed by atoms with E-state index in [0.29, 0.717) is 0 Å². The predicted octanol–water partition coefficient (Wildman–Crippen LogP) is -0.189. The molecule has 17 heavy (non-hydrogen) atoms. The summed E-state index contributed by atoms with van der Waals surface area (Å²) in [5.74, 6) is -1.19. The topological polar surface area (TPSA) is 118 Å². The summed E-state index contributed by atoms with van der Waals surface area (Å²) in [4.78, 5) is 22.6. The number of nitrogens with one attached hydrogen (secondary N) is 1. The molecule has 6 N–H and O–H groups in total. The van der Waals surface area contributed by atoms with E-state index in [1.165, 1.54) is 0 Å². The zero-order valence-corrected chi connectivity index (χ0v) is 10.9. The minimum absolute atomic E-state index is 0.115. The highest BCUT2D eigenvalue weighted by molar-refractivity contribution is 5.87. The van der Waals surface area contributed by atoms with Crippen LogP contribution in [-0.2, 0) is 9.59 Å². The molecule has 0 aromatic carbocycles. The van der Waals surface area contributed by atoms with Crippen LogP contribution in [0.5, 0.6) is 0 Å². The second-order valence-corrected chi connectivity index (χ2v) is 5.44. The molecule has 0 amide bonds. The fourth-order valence-electron chi connectivity index (χ4n) is 1.30. The first-order chi connectivity index (χ1) is 7.43. The van der Waals surface area contributed by atoms with E-state index >= 15 is 0 Å². The number of rotatable bonds is 7. The van der Waals surface area contributed by atoms with Crippen LogP contribution in [0.25, 0.3) is 0 Å². The molecule has 0 aliphatic rings. The first-order valence-electron chi connectivity index (χ1n) is 5.55. The van der Waals surface area contributed by atoms with Crippen LogP contribution in [-0.4, -0.2) is 34.1 Å². The summed E-state index contributed by atoms with van der Waals surface area (Å²) in [6, 6.07) is -0.846. The molecular formula is C11H23N3O3. The van der Waals surface area contributed by atoms with Gasteiger partial charge in [-0.2, -0.15) is 0 Å². The lowest BCUT2D eigenvalue weighted by molar-refractivity contribution is -0.140. The first-order valence-corrected chi connectivity index (χ1v) is 5.55. The Morgan fingerprint density at radius 3 is 2.00 bits per heavy atom. The van der Waals surface area contributed by atoms with Crippen molar-refractivity contribution in [1.82, 2.24) is 5.32 Å². The third kappa shape index (κ3) is 7.04. The smallest absolute Gasteiger partial charge is 0.320 e. The Morgan fingerprint density at radius 2 is 1.71 bits per heavy atom. The highest BCUT2D eigenvalue weighted by Gasteiger charge is 2.27. The van der Waals surface area contributed by atoms with Crippen LogP contribution in [0.2, 0.25) is 0 Å². The molecule has 0 aliphatic carbocycles. The van der Waals surface area contributed by atoms with E-state index in [0.717, 1.165) is 0 Å². The number of carboxylic acid groups (broad SMARTS) is 1. The lowest BCUT2D eigenvalue weighted by atomic mass is 9.95. The molecule has 0 bridgehead atoms. The van der Waals surface area contributed by atoms with Crippen molar-refractivity contribution in [1.29, 1.82) is 0 Å². The van der Waals surface area contributed by atoms with E-state index in [-0.39, 0.29) is 18.6 Å². The molecule has 0 heterocycles. The molecule has 0 rings (SSSR count). The number of carbonyl (C=O) groups is 2. The molecule has 6 heteroatoms. The van der Waals surface area contributed by atoms with E-state index in [4.69, 9.17) is 16.6 Å². The van der Waals surface area contributed by atoms with Gasteiger partial charge in [0, 0.05) is 6.42 Å². The van der Waals surface area contributed by atoms with Crippen LogP contribution in [0.1, 0.15) is 40.5 Å². The zero-order chi connectivity index (χ0) is 13.9. The third-order valence-electron chi connectivity index (χ3n) is 2.22. The fraction of sp³-hybridized carbons (Fsp3) is 0.818. The number of ketones is 1. The number of Topliss-reactive ketones (excluding diaryl/α,β-unsaturated/α-hetero) is 1. The van der Waals surface area contributed by atoms with Crippen LogP contribution < -0.4 is 16.8 Å². The first kappa shape index (κ1) is 16.0. The van der Waals surface area contributed by atoms with Gasteiger partial charge in [0.25, 0.3) is 0 Å². The number of hydrogen-bond donors (Lipinski definition) is 4. The van der Waals surface area contributed by atoms with Crippen molar-refractivity contribution in [2.45, 2.75) is 57.8 Å². The number of hydrogen-bond acceptors (Lipinski definition) is 5. The van der Waals surface area contributed by atoms with Gasteiger partial charge < -0.3 is 16.6 Å². The highest BCUT2D eigenvalue weighted by atomic mass is 16.4. The summed E-state index contributed by atoms with van der Waals surface area (Å²) in [6.07, 6.45) is 0.291. The van der Waals surface area contributed by atoms with Gasteiger partial charge in [0.05, 0.1) is 11.2 Å². The van der Waals surface area contributed by atoms with E-state index in [1.807, 2.05) is 0 Å². The summed E-state index contributed by atoms with van der Waals surface area (Å²) in [5.41, 5.74) is 9.58. The zero-order valence-electron chi connectivity index (χ0n) is 10.9. The van der Waals surface area contributed by atoms with Gasteiger partial charge in [-0.25, -0.2) is 0 Å². The molecule has 0 aromatic heterocycles. The minimum Gasteiger partial charge on any atom is -0.480 e. The van der Waals surface area contributed by atoms with E-state index in [9.17, 15) is 9.59 Å². The van der Waals surface area contributed by atoms with E-state index in [1.54, 1.807) is 27.7 Å². The van der Waals surface area contributed by atoms with Gasteiger partial charge in [-0.15, -0.1) is 0 Å². The van der Waals surface area contributed by atoms with Crippen molar-refractivity contribution in [2.75, 3.05) is 0 Å². The Labute approximate surface area is 102 Å². The predicted molar refractivity (Wildman–Crippen MR) is 65.3 cm³/mol. The monoisotopic (exact) mass is 245 g/mol. The van der Waals surface area contributed by atoms with E-state index < -0.39 is 23.2 Å². The van der Waals surface area contributed by atoms with Gasteiger partial charge >= 0.3 is 5.97 Å². The summed E-state index contributed by atoms with van der Waals surface area (Å²) in [7, 11) is 0. The summed E-state index contributed by atoms with van der Waals surface area (Å²) in [6.45, 7) is 6.53. The summed E-state index contributed by atoms with van der Waals surface area (Å²) in [5, 5.41) is 11.7. The van der Waals surface area contributed by atoms with Crippen LogP contribution >= 0.6 is 0 Å². The quantitative estimate of drug-likeness (QED) is 0.462. The SMILES string of the molecule is CC(C)(N)NC(CCC(=O)C(C)(C)N)C(=O)O. The van der Waals surface area contributed by atoms with Crippen molar-refractivity contribution in [3.8, 4) is 0 Å². The van der Waals surface area contributed by atoms with Gasteiger partial charge in [0.2, 0.25) is 0 Å². The number of carboxylic acids is 1. The molecule has 0 aromatic rings. The molecule has 0 radical (unpaired) electrons. The molecule has 100 valence electrons. The van der Waals surface area contributed by atoms with Gasteiger partial charge in [0.1, 0.15) is 6.04 Å². The Kier molecular flexibility index (Phi) is 5.25. The molecule has 6 nitrogen and oxygen atoms in total. The Bertz CT molecular complexity index is 289. The average molecular weight is 245 g/mol. The maximum absolute atomic E-state index is 11.6. The summed E-state index contributed by atoms with van der Waals surface area (Å²) < 4.78 is 0. The second kappa shape index (κ2) is 5.57. The highest BCUT2D eigenvalue weighted by Crippen LogP contribution is 2.09. The number of nitrogens with two attached hydrogens (primary N) is 2. The average Bonchev–Trinajstić information content (AvgIpc) is 2.07. The minimum atomic E-state index is -1.02. The van der Waals surface area contributed by atoms with Gasteiger partial charge in [-0.05, 0) is 34.1 Å². The maximum Gasteiger partial charge on any atom is 0.320 e.